The van der Waals surface area contributed by atoms with Crippen LogP contribution in [0.4, 0.5) is 0 Å². The second kappa shape index (κ2) is 9.82. The summed E-state index contributed by atoms with van der Waals surface area (Å²) in [4.78, 5) is 56.2. The number of hydrogen-bond acceptors (Lipinski definition) is 9. The Morgan fingerprint density at radius 2 is 0.786 bits per heavy atom. The van der Waals surface area contributed by atoms with E-state index in [0.717, 1.165) is 36.4 Å². The van der Waals surface area contributed by atoms with Gasteiger partial charge in [-0.3, -0.25) is 4.79 Å². The minimum Gasteiger partial charge on any atom is -0.545 e. The van der Waals surface area contributed by atoms with Crippen molar-refractivity contribution in [2.75, 3.05) is 0 Å². The average Bonchev–Trinajstić information content (AvgIpc) is 2.59. The summed E-state index contributed by atoms with van der Waals surface area (Å²) >= 11 is 0. The second-order valence-corrected chi connectivity index (χ2v) is 5.00. The van der Waals surface area contributed by atoms with Gasteiger partial charge in [0.25, 0.3) is 0 Å². The summed E-state index contributed by atoms with van der Waals surface area (Å²) < 4.78 is 0. The van der Waals surface area contributed by atoms with E-state index in [-0.39, 0.29) is 45.3 Å². The Kier molecular flexibility index (Phi) is 8.78. The van der Waals surface area contributed by atoms with Gasteiger partial charge in [0.05, 0.1) is 23.9 Å². The van der Waals surface area contributed by atoms with Gasteiger partial charge in [-0.05, 0) is 12.1 Å². The summed E-state index contributed by atoms with van der Waals surface area (Å²) in [6.45, 7) is 0. The fraction of sp³-hybridized carbons (Fsp3) is 0. The summed E-state index contributed by atoms with van der Waals surface area (Å²) in [5.74, 6) is -8.19. The van der Waals surface area contributed by atoms with E-state index in [1.807, 2.05) is 0 Å². The van der Waals surface area contributed by atoms with E-state index in [0.29, 0.717) is 0 Å². The minimum absolute atomic E-state index is 0. The molecular formula is C17H6Cu2O9. The molecule has 0 aromatic heterocycles. The largest absolute Gasteiger partial charge is 2.00 e. The van der Waals surface area contributed by atoms with Crippen molar-refractivity contribution in [2.24, 2.45) is 0 Å². The molecule has 11 heteroatoms. The Labute approximate surface area is 177 Å². The first kappa shape index (κ1) is 25.0. The molecule has 0 saturated heterocycles. The molecule has 28 heavy (non-hydrogen) atoms. The summed E-state index contributed by atoms with van der Waals surface area (Å²) in [5.41, 5.74) is -3.60. The molecule has 0 saturated carbocycles. The molecule has 0 aliphatic heterocycles. The molecule has 2 aromatic rings. The Hall–Kier alpha value is -2.97. The Morgan fingerprint density at radius 1 is 0.500 bits per heavy atom. The van der Waals surface area contributed by atoms with Crippen LogP contribution in [0.2, 0.25) is 0 Å². The van der Waals surface area contributed by atoms with Gasteiger partial charge in [-0.2, -0.15) is 0 Å². The summed E-state index contributed by atoms with van der Waals surface area (Å²) in [7, 11) is 0. The maximum absolute atomic E-state index is 12.4. The third kappa shape index (κ3) is 5.05. The molecule has 2 radical (unpaired) electrons. The van der Waals surface area contributed by atoms with Gasteiger partial charge in [-0.15, -0.1) is 0 Å². The van der Waals surface area contributed by atoms with Crippen LogP contribution in [0.3, 0.4) is 0 Å². The predicted octanol–water partition coefficient (Wildman–Crippen LogP) is -3.63. The van der Waals surface area contributed by atoms with Crippen LogP contribution >= 0.6 is 0 Å². The number of aromatic carboxylic acids is 4. The van der Waals surface area contributed by atoms with Gasteiger partial charge in [-0.1, -0.05) is 24.3 Å². The van der Waals surface area contributed by atoms with Crippen LogP contribution < -0.4 is 20.4 Å². The molecule has 0 atom stereocenters. The van der Waals surface area contributed by atoms with E-state index >= 15 is 0 Å². The van der Waals surface area contributed by atoms with Crippen LogP contribution in [-0.4, -0.2) is 29.7 Å². The maximum Gasteiger partial charge on any atom is 2.00 e. The molecule has 0 aliphatic carbocycles. The van der Waals surface area contributed by atoms with Crippen molar-refractivity contribution in [3.05, 3.63) is 69.8 Å². The van der Waals surface area contributed by atoms with Crippen LogP contribution in [0.5, 0.6) is 0 Å². The average molecular weight is 481 g/mol. The number of carboxylic acid groups (broad SMARTS) is 4. The van der Waals surface area contributed by atoms with Gasteiger partial charge in [0, 0.05) is 33.4 Å². The molecule has 0 aliphatic rings. The fourth-order valence-corrected chi connectivity index (χ4v) is 2.23. The molecule has 0 amide bonds. The maximum atomic E-state index is 12.4. The van der Waals surface area contributed by atoms with E-state index in [1.165, 1.54) is 0 Å². The third-order valence-corrected chi connectivity index (χ3v) is 3.44. The number of carbonyl (C=O) groups excluding carboxylic acids is 5. The number of rotatable bonds is 6. The number of carboxylic acids is 4. The summed E-state index contributed by atoms with van der Waals surface area (Å²) in [6, 6.07) is 5.09. The Bertz CT molecular complexity index is 905. The van der Waals surface area contributed by atoms with Crippen LogP contribution in [0.15, 0.2) is 36.4 Å². The van der Waals surface area contributed by atoms with Crippen LogP contribution in [0.1, 0.15) is 57.4 Å². The van der Waals surface area contributed by atoms with E-state index < -0.39 is 51.9 Å². The van der Waals surface area contributed by atoms with Gasteiger partial charge in [-0.25, -0.2) is 0 Å². The molecule has 2 rings (SSSR count). The Morgan fingerprint density at radius 3 is 1.04 bits per heavy atom. The van der Waals surface area contributed by atoms with Gasteiger partial charge < -0.3 is 39.6 Å². The van der Waals surface area contributed by atoms with E-state index in [1.54, 1.807) is 0 Å². The fourth-order valence-electron chi connectivity index (χ4n) is 2.23. The topological polar surface area (TPSA) is 178 Å². The first-order valence-electron chi connectivity index (χ1n) is 6.81. The zero-order valence-electron chi connectivity index (χ0n) is 13.2. The van der Waals surface area contributed by atoms with Crippen molar-refractivity contribution >= 4 is 29.7 Å². The molecule has 150 valence electrons. The Balaban J connectivity index is 0.00000364. The number of benzene rings is 2. The molecule has 0 heterocycles. The number of carbonyl (C=O) groups is 5. The monoisotopic (exact) mass is 480 g/mol. The first-order valence-corrected chi connectivity index (χ1v) is 6.81. The zero-order chi connectivity index (χ0) is 19.6. The van der Waals surface area contributed by atoms with Gasteiger partial charge in [0.1, 0.15) is 0 Å². The van der Waals surface area contributed by atoms with E-state index in [4.69, 9.17) is 0 Å². The normalized spacial score (nSPS) is 9.43. The van der Waals surface area contributed by atoms with Gasteiger partial charge in [0.15, 0.2) is 5.78 Å². The second-order valence-electron chi connectivity index (χ2n) is 5.00. The first-order chi connectivity index (χ1) is 12.1. The molecular weight excluding hydrogens is 475 g/mol. The molecule has 0 N–H and O–H groups in total. The van der Waals surface area contributed by atoms with Crippen molar-refractivity contribution in [3.8, 4) is 0 Å². The molecule has 2 aromatic carbocycles. The van der Waals surface area contributed by atoms with Crippen molar-refractivity contribution in [1.29, 1.82) is 0 Å². The number of hydrogen-bond donors (Lipinski definition) is 0. The van der Waals surface area contributed by atoms with E-state index in [9.17, 15) is 44.4 Å². The molecule has 0 bridgehead atoms. The predicted molar refractivity (Wildman–Crippen MR) is 73.6 cm³/mol. The molecule has 0 fully saturated rings. The quantitative estimate of drug-likeness (QED) is 0.297. The molecule has 0 unspecified atom stereocenters. The minimum atomic E-state index is -1.86. The van der Waals surface area contributed by atoms with Gasteiger partial charge in [0.2, 0.25) is 0 Å². The third-order valence-electron chi connectivity index (χ3n) is 3.44. The van der Waals surface area contributed by atoms with Crippen LogP contribution in [0, 0.1) is 0 Å². The number of ketones is 1. The van der Waals surface area contributed by atoms with Crippen molar-refractivity contribution in [1.82, 2.24) is 0 Å². The van der Waals surface area contributed by atoms with Gasteiger partial charge >= 0.3 is 34.1 Å². The van der Waals surface area contributed by atoms with Crippen molar-refractivity contribution < 1.29 is 78.5 Å². The van der Waals surface area contributed by atoms with Crippen molar-refractivity contribution in [3.63, 3.8) is 0 Å². The zero-order valence-corrected chi connectivity index (χ0v) is 15.1. The summed E-state index contributed by atoms with van der Waals surface area (Å²) in [5, 5.41) is 43.8. The smallest absolute Gasteiger partial charge is 0.545 e. The standard InChI is InChI=1S/C17H10O9.2Cu/c18-13(7-1-3-9(14(19)20)11(5-7)16(23)24)8-2-4-10(15(21)22)12(6-8)17(25)26;;/h1-6H,(H,19,20)(H,21,22)(H,23,24)(H,25,26);;/q;2*+2/p-4. The molecule has 9 nitrogen and oxygen atoms in total. The van der Waals surface area contributed by atoms with Crippen LogP contribution in [-0.2, 0) is 34.1 Å². The summed E-state index contributed by atoms with van der Waals surface area (Å²) in [6.07, 6.45) is 0. The molecule has 0 spiro atoms. The van der Waals surface area contributed by atoms with Crippen LogP contribution in [0.25, 0.3) is 0 Å². The van der Waals surface area contributed by atoms with E-state index in [2.05, 4.69) is 0 Å². The SMILES string of the molecule is O=C(c1ccc(C(=O)[O-])c(C(=O)[O-])c1)c1ccc(C(=O)[O-])c(C(=O)[O-])c1.[Cu+2].[Cu+2]. The van der Waals surface area contributed by atoms with Crippen molar-refractivity contribution in [2.45, 2.75) is 0 Å².